The maximum atomic E-state index is 12.6. The minimum Gasteiger partial charge on any atom is -0.360 e. The summed E-state index contributed by atoms with van der Waals surface area (Å²) in [7, 11) is -3.56. The highest BCUT2D eigenvalue weighted by atomic mass is 35.5. The summed E-state index contributed by atoms with van der Waals surface area (Å²) >= 11 is 5.92. The number of nitrogens with zero attached hydrogens (tertiary/aromatic N) is 2. The molecule has 1 fully saturated rings. The summed E-state index contributed by atoms with van der Waals surface area (Å²) in [6.07, 6.45) is 3.92. The number of rotatable bonds is 7. The zero-order valence-corrected chi connectivity index (χ0v) is 14.7. The zero-order valence-electron chi connectivity index (χ0n) is 13.1. The van der Waals surface area contributed by atoms with Crippen LogP contribution in [-0.2, 0) is 10.0 Å². The first-order valence-corrected chi connectivity index (χ1v) is 9.67. The molecule has 1 aliphatic carbocycles. The molecule has 1 aromatic heterocycles. The van der Waals surface area contributed by atoms with Crippen molar-refractivity contribution in [2.24, 2.45) is 0 Å². The Labute approximate surface area is 145 Å². The number of halogens is 1. The van der Waals surface area contributed by atoms with Crippen LogP contribution in [-0.4, -0.2) is 25.1 Å². The van der Waals surface area contributed by atoms with Crippen molar-refractivity contribution in [3.63, 3.8) is 0 Å². The molecule has 3 rings (SSSR count). The number of carbonyl (C=O) groups excluding carboxylic acids is 1. The normalized spacial score (nSPS) is 14.6. The van der Waals surface area contributed by atoms with Crippen LogP contribution < -0.4 is 3.82 Å². The molecule has 1 aromatic carbocycles. The Morgan fingerprint density at radius 2 is 2.00 bits per heavy atom. The first-order valence-electron chi connectivity index (χ1n) is 7.72. The molecule has 24 heavy (non-hydrogen) atoms. The van der Waals surface area contributed by atoms with Crippen molar-refractivity contribution in [3.8, 4) is 0 Å². The van der Waals surface area contributed by atoms with E-state index in [0.29, 0.717) is 29.0 Å². The molecular weight excluding hydrogens is 352 g/mol. The number of hydrogen-bond donors (Lipinski definition) is 0. The van der Waals surface area contributed by atoms with E-state index in [9.17, 15) is 13.2 Å². The van der Waals surface area contributed by atoms with Crippen molar-refractivity contribution in [1.82, 2.24) is 5.16 Å². The van der Waals surface area contributed by atoms with E-state index in [1.807, 2.05) is 0 Å². The lowest BCUT2D eigenvalue weighted by Gasteiger charge is -2.15. The average molecular weight is 369 g/mol. The van der Waals surface area contributed by atoms with Gasteiger partial charge in [-0.1, -0.05) is 12.1 Å². The maximum Gasteiger partial charge on any atom is 0.248 e. The van der Waals surface area contributed by atoms with Gasteiger partial charge < -0.3 is 4.52 Å². The monoisotopic (exact) mass is 368 g/mol. The van der Waals surface area contributed by atoms with Crippen molar-refractivity contribution in [2.45, 2.75) is 32.1 Å². The molecule has 1 aliphatic rings. The molecule has 6 nitrogen and oxygen atoms in total. The standard InChI is InChI=1S/C16H17ClN2O4S/c1-2-9-24(21,22)19(17)13-7-5-11(6-8-13)15(20)14-10-18-23-16(14)12-3-4-12/h5-8,10,12H,2-4,9H2,1H3. The van der Waals surface area contributed by atoms with Gasteiger partial charge in [-0.2, -0.15) is 3.82 Å². The summed E-state index contributed by atoms with van der Waals surface area (Å²) in [6, 6.07) is 6.13. The fraction of sp³-hybridized carbons (Fsp3) is 0.375. The first-order chi connectivity index (χ1) is 11.4. The highest BCUT2D eigenvalue weighted by Gasteiger charge is 2.32. The summed E-state index contributed by atoms with van der Waals surface area (Å²) in [4.78, 5) is 12.6. The topological polar surface area (TPSA) is 80.5 Å². The minimum atomic E-state index is -3.56. The number of anilines is 1. The average Bonchev–Trinajstić information content (AvgIpc) is 3.30. The van der Waals surface area contributed by atoms with Gasteiger partial charge in [-0.05, 0) is 43.5 Å². The first kappa shape index (κ1) is 17.0. The van der Waals surface area contributed by atoms with Crippen molar-refractivity contribution in [3.05, 3.63) is 47.3 Å². The van der Waals surface area contributed by atoms with Crippen LogP contribution in [0.2, 0.25) is 0 Å². The van der Waals surface area contributed by atoms with Crippen LogP contribution in [0.25, 0.3) is 0 Å². The van der Waals surface area contributed by atoms with Gasteiger partial charge in [-0.25, -0.2) is 8.42 Å². The number of carbonyl (C=O) groups is 1. The second-order valence-electron chi connectivity index (χ2n) is 5.78. The lowest BCUT2D eigenvalue weighted by Crippen LogP contribution is -2.23. The van der Waals surface area contributed by atoms with Crippen LogP contribution in [0.3, 0.4) is 0 Å². The van der Waals surface area contributed by atoms with Crippen molar-refractivity contribution in [1.29, 1.82) is 0 Å². The Bertz CT molecular complexity index is 841. The molecule has 0 saturated heterocycles. The van der Waals surface area contributed by atoms with E-state index in [1.54, 1.807) is 19.1 Å². The molecular formula is C16H17ClN2O4S. The Balaban J connectivity index is 1.81. The molecule has 0 N–H and O–H groups in total. The van der Waals surface area contributed by atoms with Gasteiger partial charge in [-0.3, -0.25) is 4.79 Å². The third-order valence-corrected chi connectivity index (χ3v) is 6.28. The summed E-state index contributed by atoms with van der Waals surface area (Å²) in [5, 5.41) is 3.72. The van der Waals surface area contributed by atoms with Gasteiger partial charge in [0.05, 0.1) is 23.2 Å². The van der Waals surface area contributed by atoms with Crippen LogP contribution in [0.15, 0.2) is 35.0 Å². The zero-order chi connectivity index (χ0) is 17.3. The van der Waals surface area contributed by atoms with Gasteiger partial charge >= 0.3 is 0 Å². The van der Waals surface area contributed by atoms with Gasteiger partial charge in [0, 0.05) is 23.3 Å². The van der Waals surface area contributed by atoms with E-state index in [1.165, 1.54) is 18.3 Å². The van der Waals surface area contributed by atoms with Crippen molar-refractivity contribution in [2.75, 3.05) is 9.58 Å². The van der Waals surface area contributed by atoms with Crippen molar-refractivity contribution < 1.29 is 17.7 Å². The molecule has 0 atom stereocenters. The highest BCUT2D eigenvalue weighted by molar-refractivity contribution is 7.94. The van der Waals surface area contributed by atoms with Crippen LogP contribution in [0.4, 0.5) is 5.69 Å². The van der Waals surface area contributed by atoms with Crippen LogP contribution in [0.1, 0.15) is 53.8 Å². The van der Waals surface area contributed by atoms with Gasteiger partial charge in [-0.15, -0.1) is 0 Å². The second-order valence-corrected chi connectivity index (χ2v) is 8.26. The molecule has 128 valence electrons. The molecule has 0 amide bonds. The molecule has 1 heterocycles. The lowest BCUT2D eigenvalue weighted by molar-refractivity contribution is 0.103. The van der Waals surface area contributed by atoms with E-state index < -0.39 is 10.0 Å². The SMILES string of the molecule is CCCS(=O)(=O)N(Cl)c1ccc(C(=O)c2cnoc2C2CC2)cc1. The van der Waals surface area contributed by atoms with E-state index in [2.05, 4.69) is 5.16 Å². The van der Waals surface area contributed by atoms with Gasteiger partial charge in [0.15, 0.2) is 11.5 Å². The summed E-state index contributed by atoms with van der Waals surface area (Å²) in [5.74, 6) is 0.682. The van der Waals surface area contributed by atoms with Gasteiger partial charge in [0.2, 0.25) is 10.0 Å². The molecule has 8 heteroatoms. The summed E-state index contributed by atoms with van der Waals surface area (Å²) in [6.45, 7) is 1.76. The quantitative estimate of drug-likeness (QED) is 0.552. The molecule has 0 unspecified atom stereocenters. The largest absolute Gasteiger partial charge is 0.360 e. The van der Waals surface area contributed by atoms with E-state index in [0.717, 1.165) is 16.7 Å². The lowest BCUT2D eigenvalue weighted by atomic mass is 10.0. The van der Waals surface area contributed by atoms with Crippen LogP contribution in [0, 0.1) is 0 Å². The molecule has 0 aliphatic heterocycles. The molecule has 0 radical (unpaired) electrons. The van der Waals surface area contributed by atoms with Gasteiger partial charge in [0.25, 0.3) is 0 Å². The molecule has 2 aromatic rings. The van der Waals surface area contributed by atoms with Crippen LogP contribution in [0.5, 0.6) is 0 Å². The van der Waals surface area contributed by atoms with Crippen LogP contribution >= 0.6 is 11.8 Å². The highest BCUT2D eigenvalue weighted by Crippen LogP contribution is 2.42. The summed E-state index contributed by atoms with van der Waals surface area (Å²) in [5.41, 5.74) is 1.20. The smallest absolute Gasteiger partial charge is 0.248 e. The number of aromatic nitrogens is 1. The van der Waals surface area contributed by atoms with E-state index in [4.69, 9.17) is 16.3 Å². The molecule has 0 spiro atoms. The van der Waals surface area contributed by atoms with Crippen molar-refractivity contribution >= 4 is 33.3 Å². The third-order valence-electron chi connectivity index (χ3n) is 3.83. The second kappa shape index (κ2) is 6.57. The number of sulfonamides is 1. The number of ketones is 1. The minimum absolute atomic E-state index is 0.0391. The molecule has 1 saturated carbocycles. The Kier molecular flexibility index (Phi) is 4.64. The Morgan fingerprint density at radius 3 is 2.58 bits per heavy atom. The predicted molar refractivity (Wildman–Crippen MR) is 90.8 cm³/mol. The van der Waals surface area contributed by atoms with Gasteiger partial charge in [0.1, 0.15) is 0 Å². The predicted octanol–water partition coefficient (Wildman–Crippen LogP) is 3.48. The maximum absolute atomic E-state index is 12.6. The number of hydrogen-bond acceptors (Lipinski definition) is 5. The fourth-order valence-electron chi connectivity index (χ4n) is 2.44. The van der Waals surface area contributed by atoms with E-state index >= 15 is 0 Å². The summed E-state index contributed by atoms with van der Waals surface area (Å²) < 4.78 is 29.8. The Hall–Kier alpha value is -1.86. The fourth-order valence-corrected chi connectivity index (χ4v) is 3.88. The van der Waals surface area contributed by atoms with E-state index in [-0.39, 0.29) is 17.5 Å². The number of benzene rings is 1. The third kappa shape index (κ3) is 3.32. The molecule has 0 bridgehead atoms. The Morgan fingerprint density at radius 1 is 1.33 bits per heavy atom.